The van der Waals surface area contributed by atoms with Gasteiger partial charge in [-0.05, 0) is 0 Å². The van der Waals surface area contributed by atoms with Crippen molar-refractivity contribution in [3.8, 4) is 10.6 Å². The lowest BCUT2D eigenvalue weighted by Crippen LogP contribution is -2.21. The third kappa shape index (κ3) is 2.70. The molecule has 2 aromatic rings. The zero-order valence-corrected chi connectivity index (χ0v) is 10.3. The summed E-state index contributed by atoms with van der Waals surface area (Å²) in [5.74, 6) is 0. The summed E-state index contributed by atoms with van der Waals surface area (Å²) in [6.07, 6.45) is -5.11. The van der Waals surface area contributed by atoms with Crippen molar-refractivity contribution in [2.45, 2.75) is 12.3 Å². The highest BCUT2D eigenvalue weighted by molar-refractivity contribution is 7.15. The maximum absolute atomic E-state index is 12.7. The van der Waals surface area contributed by atoms with Crippen LogP contribution in [-0.4, -0.2) is 18.3 Å². The number of methoxy groups -OCH3 is 1. The Morgan fingerprint density at radius 3 is 2.44 bits per heavy atom. The van der Waals surface area contributed by atoms with Crippen LogP contribution in [0.4, 0.5) is 13.2 Å². The number of alkyl halides is 3. The van der Waals surface area contributed by atoms with Crippen molar-refractivity contribution in [1.82, 2.24) is 4.98 Å². The van der Waals surface area contributed by atoms with Gasteiger partial charge in [0.25, 0.3) is 0 Å². The van der Waals surface area contributed by atoms with E-state index in [1.807, 2.05) is 18.2 Å². The second-order valence-electron chi connectivity index (χ2n) is 3.59. The van der Waals surface area contributed by atoms with Gasteiger partial charge in [-0.2, -0.15) is 13.2 Å². The van der Waals surface area contributed by atoms with E-state index in [9.17, 15) is 13.2 Å². The van der Waals surface area contributed by atoms with Crippen LogP contribution in [0.2, 0.25) is 0 Å². The zero-order valence-electron chi connectivity index (χ0n) is 9.44. The second kappa shape index (κ2) is 5.07. The molecule has 0 N–H and O–H groups in total. The quantitative estimate of drug-likeness (QED) is 0.841. The van der Waals surface area contributed by atoms with Gasteiger partial charge < -0.3 is 4.74 Å². The van der Waals surface area contributed by atoms with E-state index in [-0.39, 0.29) is 4.88 Å². The Hall–Kier alpha value is -1.40. The van der Waals surface area contributed by atoms with Crippen molar-refractivity contribution in [2.24, 2.45) is 0 Å². The smallest absolute Gasteiger partial charge is 0.366 e. The number of nitrogens with zero attached hydrogens (tertiary/aromatic N) is 1. The van der Waals surface area contributed by atoms with Crippen LogP contribution >= 0.6 is 11.3 Å². The van der Waals surface area contributed by atoms with Gasteiger partial charge in [0.1, 0.15) is 5.01 Å². The van der Waals surface area contributed by atoms with Gasteiger partial charge in [0.2, 0.25) is 0 Å². The van der Waals surface area contributed by atoms with Crippen LogP contribution < -0.4 is 0 Å². The summed E-state index contributed by atoms with van der Waals surface area (Å²) in [5, 5.41) is 0.553. The van der Waals surface area contributed by atoms with Gasteiger partial charge in [-0.25, -0.2) is 4.98 Å². The molecule has 1 atom stereocenters. The summed E-state index contributed by atoms with van der Waals surface area (Å²) in [6, 6.07) is 9.07. The average Bonchev–Trinajstić information content (AvgIpc) is 2.78. The molecule has 18 heavy (non-hydrogen) atoms. The number of rotatable bonds is 3. The molecule has 0 saturated heterocycles. The predicted molar refractivity (Wildman–Crippen MR) is 63.4 cm³/mol. The van der Waals surface area contributed by atoms with Gasteiger partial charge in [0.05, 0.1) is 4.88 Å². The van der Waals surface area contributed by atoms with E-state index in [2.05, 4.69) is 9.72 Å². The molecule has 1 unspecified atom stereocenters. The molecule has 2 rings (SSSR count). The highest BCUT2D eigenvalue weighted by atomic mass is 32.1. The maximum Gasteiger partial charge on any atom is 0.419 e. The molecule has 0 aliphatic rings. The van der Waals surface area contributed by atoms with E-state index >= 15 is 0 Å². The summed E-state index contributed by atoms with van der Waals surface area (Å²) in [5.41, 5.74) is 0.797. The minimum absolute atomic E-state index is 0.0591. The SMILES string of the molecule is COC(c1cnc(-c2ccccc2)s1)C(F)(F)F. The molecule has 0 fully saturated rings. The first-order valence-electron chi connectivity index (χ1n) is 5.13. The Balaban J connectivity index is 2.31. The molecule has 0 aliphatic heterocycles. The monoisotopic (exact) mass is 273 g/mol. The third-order valence-corrected chi connectivity index (χ3v) is 3.43. The van der Waals surface area contributed by atoms with Crippen LogP contribution in [0, 0.1) is 0 Å². The molecule has 0 radical (unpaired) electrons. The fraction of sp³-hybridized carbons (Fsp3) is 0.250. The van der Waals surface area contributed by atoms with E-state index in [0.717, 1.165) is 24.0 Å². The molecule has 0 amide bonds. The highest BCUT2D eigenvalue weighted by Gasteiger charge is 2.42. The molecular weight excluding hydrogens is 263 g/mol. The lowest BCUT2D eigenvalue weighted by molar-refractivity contribution is -0.214. The van der Waals surface area contributed by atoms with E-state index in [0.29, 0.717) is 5.01 Å². The van der Waals surface area contributed by atoms with Gasteiger partial charge in [-0.15, -0.1) is 11.3 Å². The van der Waals surface area contributed by atoms with Crippen LogP contribution in [0.5, 0.6) is 0 Å². The van der Waals surface area contributed by atoms with Gasteiger partial charge in [0.15, 0.2) is 6.10 Å². The van der Waals surface area contributed by atoms with Crippen LogP contribution in [0.1, 0.15) is 11.0 Å². The van der Waals surface area contributed by atoms with Crippen LogP contribution in [0.3, 0.4) is 0 Å². The molecule has 2 nitrogen and oxygen atoms in total. The summed E-state index contributed by atoms with van der Waals surface area (Å²) in [7, 11) is 1.04. The first kappa shape index (κ1) is 13.0. The summed E-state index contributed by atoms with van der Waals surface area (Å²) in [4.78, 5) is 4.07. The number of ether oxygens (including phenoxy) is 1. The van der Waals surface area contributed by atoms with Gasteiger partial charge in [-0.3, -0.25) is 0 Å². The molecule has 0 bridgehead atoms. The fourth-order valence-corrected chi connectivity index (χ4v) is 2.56. The van der Waals surface area contributed by atoms with Crippen molar-refractivity contribution in [1.29, 1.82) is 0 Å². The Labute approximate surface area is 106 Å². The average molecular weight is 273 g/mol. The molecule has 0 saturated carbocycles. The minimum Gasteiger partial charge on any atom is -0.366 e. The second-order valence-corrected chi connectivity index (χ2v) is 4.65. The lowest BCUT2D eigenvalue weighted by Gasteiger charge is -2.16. The highest BCUT2D eigenvalue weighted by Crippen LogP contribution is 2.39. The van der Waals surface area contributed by atoms with Crippen molar-refractivity contribution in [3.05, 3.63) is 41.4 Å². The van der Waals surface area contributed by atoms with E-state index in [4.69, 9.17) is 0 Å². The zero-order chi connectivity index (χ0) is 13.2. The maximum atomic E-state index is 12.7. The van der Waals surface area contributed by atoms with E-state index in [1.165, 1.54) is 6.20 Å². The van der Waals surface area contributed by atoms with Gasteiger partial charge in [-0.1, -0.05) is 30.3 Å². The minimum atomic E-state index is -4.42. The molecule has 1 aromatic carbocycles. The van der Waals surface area contributed by atoms with Crippen molar-refractivity contribution < 1.29 is 17.9 Å². The van der Waals surface area contributed by atoms with Crippen molar-refractivity contribution >= 4 is 11.3 Å². The summed E-state index contributed by atoms with van der Waals surface area (Å²) < 4.78 is 42.5. The normalized spacial score (nSPS) is 13.6. The fourth-order valence-electron chi connectivity index (χ4n) is 1.53. The van der Waals surface area contributed by atoms with Crippen molar-refractivity contribution in [3.63, 3.8) is 0 Å². The molecule has 1 heterocycles. The molecule has 1 aromatic heterocycles. The summed E-state index contributed by atoms with van der Waals surface area (Å²) >= 11 is 0.989. The van der Waals surface area contributed by atoms with Crippen LogP contribution in [0.25, 0.3) is 10.6 Å². The van der Waals surface area contributed by atoms with E-state index in [1.54, 1.807) is 12.1 Å². The molecular formula is C12H10F3NOS. The van der Waals surface area contributed by atoms with Gasteiger partial charge in [0, 0.05) is 18.9 Å². The third-order valence-electron chi connectivity index (χ3n) is 2.34. The van der Waals surface area contributed by atoms with Crippen LogP contribution in [0.15, 0.2) is 36.5 Å². The number of halogens is 3. The Kier molecular flexibility index (Phi) is 3.68. The number of hydrogen-bond acceptors (Lipinski definition) is 3. The standard InChI is InChI=1S/C12H10F3NOS/c1-17-10(12(13,14)15)9-7-16-11(18-9)8-5-3-2-4-6-8/h2-7,10H,1H3. The Morgan fingerprint density at radius 1 is 1.22 bits per heavy atom. The van der Waals surface area contributed by atoms with Gasteiger partial charge >= 0.3 is 6.18 Å². The lowest BCUT2D eigenvalue weighted by atomic mass is 10.2. The van der Waals surface area contributed by atoms with E-state index < -0.39 is 12.3 Å². The van der Waals surface area contributed by atoms with Crippen LogP contribution in [-0.2, 0) is 4.74 Å². The number of aromatic nitrogens is 1. The van der Waals surface area contributed by atoms with Crippen molar-refractivity contribution in [2.75, 3.05) is 7.11 Å². The largest absolute Gasteiger partial charge is 0.419 e. The molecule has 0 aliphatic carbocycles. The molecule has 0 spiro atoms. The number of hydrogen-bond donors (Lipinski definition) is 0. The Morgan fingerprint density at radius 2 is 1.89 bits per heavy atom. The molecule has 6 heteroatoms. The summed E-state index contributed by atoms with van der Waals surface area (Å²) in [6.45, 7) is 0. The number of benzene rings is 1. The molecule has 96 valence electrons. The number of thiazole rings is 1. The first-order chi connectivity index (χ1) is 8.52. The first-order valence-corrected chi connectivity index (χ1v) is 5.94. The Bertz CT molecular complexity index is 510. The predicted octanol–water partition coefficient (Wildman–Crippen LogP) is 4.06. The topological polar surface area (TPSA) is 22.1 Å².